The Hall–Kier alpha value is -3.31. The number of amides is 1. The minimum Gasteiger partial charge on any atom is -0.488 e. The molecule has 27 heavy (non-hydrogen) atoms. The highest BCUT2D eigenvalue weighted by atomic mass is 35.5. The number of ether oxygens (including phenoxy) is 1. The normalized spacial score (nSPS) is 10.7. The molecule has 4 aromatic rings. The highest BCUT2D eigenvalue weighted by molar-refractivity contribution is 6.30. The number of halogens is 1. The van der Waals surface area contributed by atoms with Gasteiger partial charge in [-0.3, -0.25) is 10.2 Å². The largest absolute Gasteiger partial charge is 0.488 e. The molecule has 3 aromatic carbocycles. The van der Waals surface area contributed by atoms with E-state index in [9.17, 15) is 4.79 Å². The molecule has 4 rings (SSSR count). The van der Waals surface area contributed by atoms with E-state index >= 15 is 0 Å². The first-order valence-electron chi connectivity index (χ1n) is 8.40. The van der Waals surface area contributed by atoms with Gasteiger partial charge in [-0.2, -0.15) is 0 Å². The molecule has 0 spiro atoms. The van der Waals surface area contributed by atoms with Gasteiger partial charge in [-0.1, -0.05) is 48.0 Å². The van der Waals surface area contributed by atoms with E-state index < -0.39 is 0 Å². The molecule has 0 saturated heterocycles. The van der Waals surface area contributed by atoms with Crippen molar-refractivity contribution in [3.63, 3.8) is 0 Å². The van der Waals surface area contributed by atoms with E-state index in [1.807, 2.05) is 54.6 Å². The van der Waals surface area contributed by atoms with Gasteiger partial charge in [-0.05, 0) is 42.0 Å². The fourth-order valence-corrected chi connectivity index (χ4v) is 2.87. The summed E-state index contributed by atoms with van der Waals surface area (Å²) in [6, 6.07) is 22.1. The van der Waals surface area contributed by atoms with Gasteiger partial charge in [0.25, 0.3) is 5.91 Å². The van der Waals surface area contributed by atoms with Gasteiger partial charge in [0.1, 0.15) is 18.7 Å². The molecule has 1 N–H and O–H groups in total. The van der Waals surface area contributed by atoms with Gasteiger partial charge >= 0.3 is 0 Å². The number of rotatable bonds is 5. The zero-order valence-corrected chi connectivity index (χ0v) is 15.1. The van der Waals surface area contributed by atoms with Crippen LogP contribution in [0.1, 0.15) is 15.9 Å². The summed E-state index contributed by atoms with van der Waals surface area (Å²) in [7, 11) is 0. The topological polar surface area (TPSA) is 56.2 Å². The molecule has 0 aliphatic rings. The van der Waals surface area contributed by atoms with Gasteiger partial charge in [0.05, 0.1) is 16.6 Å². The molecule has 0 aliphatic carbocycles. The van der Waals surface area contributed by atoms with Crippen LogP contribution in [0.15, 0.2) is 79.1 Å². The summed E-state index contributed by atoms with van der Waals surface area (Å²) in [5.74, 6) is 0.235. The summed E-state index contributed by atoms with van der Waals surface area (Å²) >= 11 is 5.90. The van der Waals surface area contributed by atoms with Crippen LogP contribution in [0.25, 0.3) is 11.0 Å². The Bertz CT molecular complexity index is 1090. The molecule has 0 unspecified atom stereocenters. The molecule has 1 aromatic heterocycles. The van der Waals surface area contributed by atoms with Crippen LogP contribution in [0.2, 0.25) is 5.02 Å². The van der Waals surface area contributed by atoms with Gasteiger partial charge in [0, 0.05) is 5.02 Å². The molecule has 5 nitrogen and oxygen atoms in total. The minimum atomic E-state index is -0.273. The van der Waals surface area contributed by atoms with Crippen molar-refractivity contribution < 1.29 is 9.53 Å². The summed E-state index contributed by atoms with van der Waals surface area (Å²) in [5.41, 5.74) is 5.90. The Balaban J connectivity index is 1.53. The van der Waals surface area contributed by atoms with Crippen LogP contribution < -0.4 is 10.2 Å². The number of carbonyl (C=O) groups excluding carboxylic acids is 1. The number of imidazole rings is 1. The predicted molar refractivity (Wildman–Crippen MR) is 106 cm³/mol. The summed E-state index contributed by atoms with van der Waals surface area (Å²) in [4.78, 5) is 17.1. The van der Waals surface area contributed by atoms with Crippen molar-refractivity contribution >= 4 is 28.5 Å². The molecule has 134 valence electrons. The number of benzene rings is 3. The van der Waals surface area contributed by atoms with E-state index in [1.165, 1.54) is 0 Å². The van der Waals surface area contributed by atoms with Crippen molar-refractivity contribution in [1.82, 2.24) is 9.66 Å². The third kappa shape index (κ3) is 3.78. The first-order chi connectivity index (χ1) is 13.2. The van der Waals surface area contributed by atoms with Gasteiger partial charge < -0.3 is 4.74 Å². The Morgan fingerprint density at radius 2 is 1.74 bits per heavy atom. The highest BCUT2D eigenvalue weighted by Gasteiger charge is 2.14. The van der Waals surface area contributed by atoms with Crippen LogP contribution >= 0.6 is 11.6 Å². The molecule has 0 aliphatic heterocycles. The molecule has 1 heterocycles. The lowest BCUT2D eigenvalue weighted by atomic mass is 10.2. The molecule has 1 amide bonds. The van der Waals surface area contributed by atoms with Crippen LogP contribution in [0.3, 0.4) is 0 Å². The van der Waals surface area contributed by atoms with Crippen molar-refractivity contribution in [3.8, 4) is 5.75 Å². The van der Waals surface area contributed by atoms with Crippen molar-refractivity contribution in [2.45, 2.75) is 6.61 Å². The number of para-hydroxylation sites is 3. The van der Waals surface area contributed by atoms with Crippen LogP contribution in [-0.4, -0.2) is 15.6 Å². The van der Waals surface area contributed by atoms with Crippen LogP contribution in [-0.2, 0) is 6.61 Å². The van der Waals surface area contributed by atoms with Crippen LogP contribution in [0, 0.1) is 0 Å². The standard InChI is InChI=1S/C21H16ClN3O2/c22-16-11-9-15(10-12-16)13-27-20-8-4-1-5-17(20)21(26)24-25-14-23-18-6-2-3-7-19(18)25/h1-12,14H,13H2,(H,24,26). The molecular weight excluding hydrogens is 362 g/mol. The van der Waals surface area contributed by atoms with Crippen molar-refractivity contribution in [2.24, 2.45) is 0 Å². The van der Waals surface area contributed by atoms with E-state index in [2.05, 4.69) is 10.4 Å². The molecular formula is C21H16ClN3O2. The fourth-order valence-electron chi connectivity index (χ4n) is 2.74. The Morgan fingerprint density at radius 1 is 1.00 bits per heavy atom. The quantitative estimate of drug-likeness (QED) is 0.550. The molecule has 0 saturated carbocycles. The second-order valence-electron chi connectivity index (χ2n) is 5.96. The average Bonchev–Trinajstić information content (AvgIpc) is 3.11. The maximum absolute atomic E-state index is 12.8. The second kappa shape index (κ2) is 7.51. The third-order valence-corrected chi connectivity index (χ3v) is 4.37. The number of carbonyl (C=O) groups is 1. The summed E-state index contributed by atoms with van der Waals surface area (Å²) in [6.07, 6.45) is 1.58. The zero-order valence-electron chi connectivity index (χ0n) is 14.3. The second-order valence-corrected chi connectivity index (χ2v) is 6.39. The Kier molecular flexibility index (Phi) is 4.77. The van der Waals surface area contributed by atoms with E-state index in [0.717, 1.165) is 16.6 Å². The maximum atomic E-state index is 12.8. The van der Waals surface area contributed by atoms with Crippen LogP contribution in [0.4, 0.5) is 0 Å². The maximum Gasteiger partial charge on any atom is 0.273 e. The lowest BCUT2D eigenvalue weighted by Crippen LogP contribution is -2.22. The van der Waals surface area contributed by atoms with Gasteiger partial charge in [0.15, 0.2) is 0 Å². The number of fused-ring (bicyclic) bond motifs is 1. The monoisotopic (exact) mass is 377 g/mol. The van der Waals surface area contributed by atoms with Crippen molar-refractivity contribution in [3.05, 3.63) is 95.3 Å². The number of nitrogens with zero attached hydrogens (tertiary/aromatic N) is 2. The molecule has 6 heteroatoms. The molecule has 0 bridgehead atoms. The van der Waals surface area contributed by atoms with Gasteiger partial charge in [0.2, 0.25) is 0 Å². The molecule has 0 radical (unpaired) electrons. The number of hydrogen-bond donors (Lipinski definition) is 1. The summed E-state index contributed by atoms with van der Waals surface area (Å²) in [6.45, 7) is 0.343. The summed E-state index contributed by atoms with van der Waals surface area (Å²) in [5, 5.41) is 0.672. The van der Waals surface area contributed by atoms with Crippen LogP contribution in [0.5, 0.6) is 5.75 Å². The first-order valence-corrected chi connectivity index (χ1v) is 8.78. The third-order valence-electron chi connectivity index (χ3n) is 4.11. The zero-order chi connectivity index (χ0) is 18.6. The highest BCUT2D eigenvalue weighted by Crippen LogP contribution is 2.21. The Morgan fingerprint density at radius 3 is 2.59 bits per heavy atom. The number of aromatic nitrogens is 2. The predicted octanol–water partition coefficient (Wildman–Crippen LogP) is 4.65. The Labute approximate surface area is 161 Å². The molecule has 0 atom stereocenters. The van der Waals surface area contributed by atoms with Gasteiger partial charge in [-0.15, -0.1) is 0 Å². The molecule has 0 fully saturated rings. The number of hydrogen-bond acceptors (Lipinski definition) is 3. The minimum absolute atomic E-state index is 0.273. The van der Waals surface area contributed by atoms with E-state index in [1.54, 1.807) is 29.2 Å². The number of nitrogens with one attached hydrogen (secondary N) is 1. The van der Waals surface area contributed by atoms with Crippen molar-refractivity contribution in [1.29, 1.82) is 0 Å². The smallest absolute Gasteiger partial charge is 0.273 e. The average molecular weight is 378 g/mol. The van der Waals surface area contributed by atoms with E-state index in [0.29, 0.717) is 22.9 Å². The van der Waals surface area contributed by atoms with E-state index in [4.69, 9.17) is 16.3 Å². The lowest BCUT2D eigenvalue weighted by molar-refractivity contribution is 0.100. The van der Waals surface area contributed by atoms with E-state index in [-0.39, 0.29) is 5.91 Å². The van der Waals surface area contributed by atoms with Gasteiger partial charge in [-0.25, -0.2) is 9.66 Å². The lowest BCUT2D eigenvalue weighted by Gasteiger charge is -2.12. The van der Waals surface area contributed by atoms with Crippen molar-refractivity contribution in [2.75, 3.05) is 5.43 Å². The SMILES string of the molecule is O=C(Nn1cnc2ccccc21)c1ccccc1OCc1ccc(Cl)cc1. The fraction of sp³-hybridized carbons (Fsp3) is 0.0476. The summed E-state index contributed by atoms with van der Waals surface area (Å²) < 4.78 is 7.47. The first kappa shape index (κ1) is 17.1.